The van der Waals surface area contributed by atoms with Crippen molar-refractivity contribution >= 4 is 11.9 Å². The van der Waals surface area contributed by atoms with Crippen molar-refractivity contribution < 1.29 is 32.2 Å². The van der Waals surface area contributed by atoms with Gasteiger partial charge in [0.05, 0.1) is 13.7 Å². The first-order valence-corrected chi connectivity index (χ1v) is 9.02. The fourth-order valence-electron chi connectivity index (χ4n) is 2.56. The molecule has 1 aromatic heterocycles. The quantitative estimate of drug-likeness (QED) is 0.636. The number of carbonyl (C=O) groups is 2. The highest BCUT2D eigenvalue weighted by atomic mass is 19.3. The van der Waals surface area contributed by atoms with Crippen LogP contribution in [0.5, 0.6) is 5.88 Å². The molecule has 2 rings (SSSR count). The van der Waals surface area contributed by atoms with Crippen molar-refractivity contribution in [1.82, 2.24) is 9.88 Å². The molecule has 0 aliphatic rings. The predicted octanol–water partition coefficient (Wildman–Crippen LogP) is 4.57. The van der Waals surface area contributed by atoms with Crippen LogP contribution in [-0.4, -0.2) is 41.5 Å². The Morgan fingerprint density at radius 2 is 1.73 bits per heavy atom. The summed E-state index contributed by atoms with van der Waals surface area (Å²) in [5.41, 5.74) is -2.34. The Morgan fingerprint density at radius 1 is 1.13 bits per heavy atom. The number of Topliss-reactive ketones (excluding diaryl/α,β-unsaturated/α-hetero) is 1. The van der Waals surface area contributed by atoms with E-state index in [2.05, 4.69) is 4.98 Å². The number of halogens is 3. The van der Waals surface area contributed by atoms with Crippen molar-refractivity contribution in [2.75, 3.05) is 14.2 Å². The number of benzene rings is 1. The van der Waals surface area contributed by atoms with Gasteiger partial charge in [0, 0.05) is 18.2 Å². The van der Waals surface area contributed by atoms with Crippen LogP contribution in [0.4, 0.5) is 18.0 Å². The van der Waals surface area contributed by atoms with E-state index < -0.39 is 34.9 Å². The zero-order valence-corrected chi connectivity index (χ0v) is 17.3. The summed E-state index contributed by atoms with van der Waals surface area (Å²) in [6, 6.07) is 7.58. The van der Waals surface area contributed by atoms with E-state index in [-0.39, 0.29) is 23.6 Å². The van der Waals surface area contributed by atoms with Gasteiger partial charge in [-0.3, -0.25) is 4.79 Å². The van der Waals surface area contributed by atoms with E-state index in [1.807, 2.05) is 0 Å². The van der Waals surface area contributed by atoms with Gasteiger partial charge in [0.1, 0.15) is 5.60 Å². The molecule has 9 heteroatoms. The molecule has 1 aromatic carbocycles. The standard InChI is InChI=1S/C21H23F3N2O4/c1-20(2,3)30-19(28)26(4)12-14-11-15(22)16(25-18(14)29-5)21(23,24)17(27)13-9-7-6-8-10-13/h6-11H,12H2,1-5H3. The minimum absolute atomic E-state index is 0.0371. The Balaban J connectivity index is 2.35. The van der Waals surface area contributed by atoms with Crippen LogP contribution in [0.15, 0.2) is 36.4 Å². The molecule has 0 atom stereocenters. The third-order valence-electron chi connectivity index (χ3n) is 3.94. The van der Waals surface area contributed by atoms with Gasteiger partial charge in [-0.1, -0.05) is 30.3 Å². The molecule has 1 heterocycles. The first kappa shape index (κ1) is 23.2. The van der Waals surface area contributed by atoms with Gasteiger partial charge in [-0.2, -0.15) is 8.78 Å². The van der Waals surface area contributed by atoms with Crippen LogP contribution in [0.3, 0.4) is 0 Å². The number of aromatic nitrogens is 1. The second-order valence-corrected chi connectivity index (χ2v) is 7.59. The molecule has 1 amide bonds. The normalized spacial score (nSPS) is 11.7. The molecule has 0 N–H and O–H groups in total. The second kappa shape index (κ2) is 8.73. The molecule has 0 spiro atoms. The van der Waals surface area contributed by atoms with Gasteiger partial charge in [-0.25, -0.2) is 14.2 Å². The lowest BCUT2D eigenvalue weighted by atomic mass is 10.0. The van der Waals surface area contributed by atoms with E-state index in [1.54, 1.807) is 26.8 Å². The Morgan fingerprint density at radius 3 is 2.27 bits per heavy atom. The number of ether oxygens (including phenoxy) is 2. The minimum atomic E-state index is -4.21. The van der Waals surface area contributed by atoms with E-state index in [9.17, 15) is 22.8 Å². The number of amides is 1. The van der Waals surface area contributed by atoms with Crippen LogP contribution >= 0.6 is 0 Å². The Bertz CT molecular complexity index is 928. The number of pyridine rings is 1. The molecule has 0 radical (unpaired) electrons. The number of hydrogen-bond acceptors (Lipinski definition) is 5. The van der Waals surface area contributed by atoms with Crippen LogP contribution in [0.1, 0.15) is 42.4 Å². The highest BCUT2D eigenvalue weighted by molar-refractivity contribution is 6.01. The summed E-state index contributed by atoms with van der Waals surface area (Å²) >= 11 is 0. The summed E-state index contributed by atoms with van der Waals surface area (Å²) in [6.45, 7) is 4.84. The fourth-order valence-corrected chi connectivity index (χ4v) is 2.56. The van der Waals surface area contributed by atoms with Gasteiger partial charge in [0.25, 0.3) is 0 Å². The van der Waals surface area contributed by atoms with Crippen molar-refractivity contribution in [2.45, 2.75) is 38.8 Å². The first-order valence-electron chi connectivity index (χ1n) is 9.02. The lowest BCUT2D eigenvalue weighted by Crippen LogP contribution is -2.34. The smallest absolute Gasteiger partial charge is 0.410 e. The van der Waals surface area contributed by atoms with Gasteiger partial charge in [-0.15, -0.1) is 0 Å². The second-order valence-electron chi connectivity index (χ2n) is 7.59. The third kappa shape index (κ3) is 5.28. The van der Waals surface area contributed by atoms with Crippen LogP contribution in [-0.2, 0) is 17.2 Å². The van der Waals surface area contributed by atoms with Gasteiger partial charge in [0.15, 0.2) is 11.5 Å². The van der Waals surface area contributed by atoms with Gasteiger partial charge in [-0.05, 0) is 26.8 Å². The molecule has 0 aliphatic heterocycles. The highest BCUT2D eigenvalue weighted by Gasteiger charge is 2.46. The molecule has 0 fully saturated rings. The Kier molecular flexibility index (Phi) is 6.74. The van der Waals surface area contributed by atoms with Crippen molar-refractivity contribution in [3.63, 3.8) is 0 Å². The van der Waals surface area contributed by atoms with Gasteiger partial charge >= 0.3 is 12.0 Å². The predicted molar refractivity (Wildman–Crippen MR) is 103 cm³/mol. The van der Waals surface area contributed by atoms with E-state index in [4.69, 9.17) is 9.47 Å². The molecule has 0 unspecified atom stereocenters. The molecule has 0 aliphatic carbocycles. The third-order valence-corrected chi connectivity index (χ3v) is 3.94. The van der Waals surface area contributed by atoms with Gasteiger partial charge < -0.3 is 14.4 Å². The fraction of sp³-hybridized carbons (Fsp3) is 0.381. The molecule has 0 saturated heterocycles. The maximum absolute atomic E-state index is 14.7. The van der Waals surface area contributed by atoms with Crippen molar-refractivity contribution in [3.8, 4) is 5.88 Å². The zero-order chi connectivity index (χ0) is 22.7. The number of alkyl halides is 2. The first-order chi connectivity index (χ1) is 13.9. The van der Waals surface area contributed by atoms with Crippen LogP contribution in [0.25, 0.3) is 0 Å². The molecule has 6 nitrogen and oxygen atoms in total. The number of nitrogens with zero attached hydrogens (tertiary/aromatic N) is 2. The van der Waals surface area contributed by atoms with Crippen molar-refractivity contribution in [3.05, 3.63) is 59.0 Å². The highest BCUT2D eigenvalue weighted by Crippen LogP contribution is 2.35. The average Bonchev–Trinajstić information content (AvgIpc) is 2.66. The summed E-state index contributed by atoms with van der Waals surface area (Å²) in [5, 5.41) is 0. The summed E-state index contributed by atoms with van der Waals surface area (Å²) in [7, 11) is 2.56. The molecular weight excluding hydrogens is 401 g/mol. The van der Waals surface area contributed by atoms with Crippen molar-refractivity contribution in [1.29, 1.82) is 0 Å². The monoisotopic (exact) mass is 424 g/mol. The molecule has 2 aromatic rings. The van der Waals surface area contributed by atoms with Crippen LogP contribution in [0, 0.1) is 5.82 Å². The van der Waals surface area contributed by atoms with Crippen LogP contribution in [0.2, 0.25) is 0 Å². The average molecular weight is 424 g/mol. The topological polar surface area (TPSA) is 68.7 Å². The van der Waals surface area contributed by atoms with Crippen molar-refractivity contribution in [2.24, 2.45) is 0 Å². The van der Waals surface area contributed by atoms with E-state index in [1.165, 1.54) is 31.3 Å². The summed E-state index contributed by atoms with van der Waals surface area (Å²) in [5.74, 6) is -7.52. The molecule has 0 saturated carbocycles. The molecular formula is C21H23F3N2O4. The SMILES string of the molecule is COc1nc(C(F)(F)C(=O)c2ccccc2)c(F)cc1CN(C)C(=O)OC(C)(C)C. The maximum atomic E-state index is 14.7. The lowest BCUT2D eigenvalue weighted by molar-refractivity contribution is 0.00181. The van der Waals surface area contributed by atoms with E-state index in [0.29, 0.717) is 0 Å². The molecule has 30 heavy (non-hydrogen) atoms. The summed E-state index contributed by atoms with van der Waals surface area (Å²) in [4.78, 5) is 29.0. The lowest BCUT2D eigenvalue weighted by Gasteiger charge is -2.25. The number of ketones is 1. The van der Waals surface area contributed by atoms with Crippen LogP contribution < -0.4 is 4.74 Å². The number of carbonyl (C=O) groups excluding carboxylic acids is 2. The maximum Gasteiger partial charge on any atom is 0.410 e. The molecule has 0 bridgehead atoms. The van der Waals surface area contributed by atoms with E-state index in [0.717, 1.165) is 18.1 Å². The summed E-state index contributed by atoms with van der Waals surface area (Å²) < 4.78 is 54.2. The molecule has 162 valence electrons. The number of rotatable bonds is 6. The Labute approximate surface area is 172 Å². The van der Waals surface area contributed by atoms with Gasteiger partial charge in [0.2, 0.25) is 11.7 Å². The zero-order valence-electron chi connectivity index (χ0n) is 17.3. The van der Waals surface area contributed by atoms with E-state index >= 15 is 0 Å². The summed E-state index contributed by atoms with van der Waals surface area (Å²) in [6.07, 6.45) is -0.696. The number of hydrogen-bond donors (Lipinski definition) is 0. The minimum Gasteiger partial charge on any atom is -0.481 e. The Hall–Kier alpha value is -3.10. The number of methoxy groups -OCH3 is 1. The largest absolute Gasteiger partial charge is 0.481 e.